The highest BCUT2D eigenvalue weighted by atomic mass is 31.1. The van der Waals surface area contributed by atoms with E-state index in [1.807, 2.05) is 19.9 Å². The van der Waals surface area contributed by atoms with Gasteiger partial charge in [0.25, 0.3) is 0 Å². The molecule has 1 aromatic carbocycles. The summed E-state index contributed by atoms with van der Waals surface area (Å²) in [4.78, 5) is 0. The average Bonchev–Trinajstić information content (AvgIpc) is 2.51. The van der Waals surface area contributed by atoms with Crippen LogP contribution in [-0.4, -0.2) is 0 Å². The third-order valence-electron chi connectivity index (χ3n) is 3.37. The van der Waals surface area contributed by atoms with Crippen molar-refractivity contribution in [3.63, 3.8) is 0 Å². The van der Waals surface area contributed by atoms with Gasteiger partial charge in [-0.05, 0) is 61.9 Å². The van der Waals surface area contributed by atoms with Crippen LogP contribution in [0.4, 0.5) is 0 Å². The normalized spacial score (nSPS) is 12.9. The summed E-state index contributed by atoms with van der Waals surface area (Å²) < 4.78 is 0. The van der Waals surface area contributed by atoms with E-state index in [-0.39, 0.29) is 0 Å². The van der Waals surface area contributed by atoms with Crippen LogP contribution >= 0.6 is 8.58 Å². The van der Waals surface area contributed by atoms with Gasteiger partial charge in [-0.3, -0.25) is 0 Å². The van der Waals surface area contributed by atoms with Crippen LogP contribution in [0.1, 0.15) is 45.7 Å². The van der Waals surface area contributed by atoms with Gasteiger partial charge in [-0.15, -0.1) is 0 Å². The molecule has 0 bridgehead atoms. The monoisotopic (exact) mass is 336 g/mol. The highest BCUT2D eigenvalue weighted by Gasteiger charge is 2.03. The van der Waals surface area contributed by atoms with Gasteiger partial charge in [-0.2, -0.15) is 0 Å². The third-order valence-corrected chi connectivity index (χ3v) is 4.54. The van der Waals surface area contributed by atoms with Gasteiger partial charge in [0.1, 0.15) is 0 Å². The highest BCUT2D eigenvalue weighted by Crippen LogP contribution is 2.40. The molecular weight excluding hydrogens is 307 g/mol. The maximum atomic E-state index is 4.29. The molecule has 1 atom stereocenters. The first-order valence-electron chi connectivity index (χ1n) is 8.22. The van der Waals surface area contributed by atoms with E-state index < -0.39 is 0 Å². The van der Waals surface area contributed by atoms with Gasteiger partial charge in [0.2, 0.25) is 0 Å². The van der Waals surface area contributed by atoms with E-state index >= 15 is 0 Å². The maximum Gasteiger partial charge on any atom is -0.0184 e. The zero-order valence-electron chi connectivity index (χ0n) is 15.6. The second-order valence-electron chi connectivity index (χ2n) is 6.22. The largest absolute Gasteiger partial charge is 0.0961 e. The van der Waals surface area contributed by atoms with Gasteiger partial charge in [0.15, 0.2) is 0 Å². The van der Waals surface area contributed by atoms with Gasteiger partial charge in [-0.1, -0.05) is 87.5 Å². The Kier molecular flexibility index (Phi) is 8.44. The van der Waals surface area contributed by atoms with Gasteiger partial charge in [0, 0.05) is 0 Å². The molecule has 0 fully saturated rings. The van der Waals surface area contributed by atoms with Crippen LogP contribution in [0.15, 0.2) is 84.3 Å². The fraction of sp³-hybridized carbons (Fsp3) is 0.217. The molecule has 0 N–H and O–H groups in total. The van der Waals surface area contributed by atoms with Crippen LogP contribution in [0, 0.1) is 0 Å². The first-order valence-corrected chi connectivity index (χ1v) is 9.22. The van der Waals surface area contributed by atoms with Crippen molar-refractivity contribution in [2.75, 3.05) is 0 Å². The lowest BCUT2D eigenvalue weighted by molar-refractivity contribution is 1.38. The molecular formula is C23H29P. The molecule has 0 saturated carbocycles. The van der Waals surface area contributed by atoms with E-state index in [0.717, 1.165) is 10.9 Å². The van der Waals surface area contributed by atoms with Crippen LogP contribution < -0.4 is 0 Å². The van der Waals surface area contributed by atoms with Crippen molar-refractivity contribution in [3.05, 3.63) is 95.4 Å². The van der Waals surface area contributed by atoms with E-state index in [9.17, 15) is 0 Å². The number of benzene rings is 1. The van der Waals surface area contributed by atoms with E-state index in [1.54, 1.807) is 0 Å². The zero-order chi connectivity index (χ0) is 18.1. The smallest absolute Gasteiger partial charge is 0.0184 e. The molecule has 0 radical (unpaired) electrons. The summed E-state index contributed by atoms with van der Waals surface area (Å²) in [7, 11) is 0.555. The number of allylic oxidation sites excluding steroid dienone is 9. The third kappa shape index (κ3) is 7.11. The minimum atomic E-state index is 0.555. The van der Waals surface area contributed by atoms with Crippen LogP contribution in [0.3, 0.4) is 0 Å². The quantitative estimate of drug-likeness (QED) is 0.353. The standard InChI is InChI=1S/C23H29P/c1-8-9-10-19(6)21-11-13-22(14-12-21)20(7)24-23(15-17(2)3)16-18(4)5/h8-16,24H,2,7H2,1,3-6H3/b9-8-,19-10+,23-15+. The van der Waals surface area contributed by atoms with Crippen molar-refractivity contribution < 1.29 is 0 Å². The van der Waals surface area contributed by atoms with Gasteiger partial charge in [-0.25, -0.2) is 0 Å². The predicted octanol–water partition coefficient (Wildman–Crippen LogP) is 7.74. The second-order valence-corrected chi connectivity index (χ2v) is 7.65. The molecule has 0 spiro atoms. The summed E-state index contributed by atoms with van der Waals surface area (Å²) >= 11 is 0. The first-order chi connectivity index (χ1) is 11.3. The Balaban J connectivity index is 2.95. The Hall–Kier alpha value is -1.91. The van der Waals surface area contributed by atoms with E-state index in [0.29, 0.717) is 8.58 Å². The Morgan fingerprint density at radius 3 is 2.00 bits per heavy atom. The molecule has 1 unspecified atom stereocenters. The summed E-state index contributed by atoms with van der Waals surface area (Å²) in [6.07, 6.45) is 10.6. The van der Waals surface area contributed by atoms with Crippen molar-refractivity contribution in [2.24, 2.45) is 0 Å². The van der Waals surface area contributed by atoms with Crippen molar-refractivity contribution in [1.29, 1.82) is 0 Å². The fourth-order valence-electron chi connectivity index (χ4n) is 2.21. The minimum Gasteiger partial charge on any atom is -0.0961 e. The molecule has 0 saturated heterocycles. The van der Waals surface area contributed by atoms with E-state index in [1.165, 1.54) is 27.6 Å². The summed E-state index contributed by atoms with van der Waals surface area (Å²) in [5, 5.41) is 2.43. The SMILES string of the molecule is C=C(C)/C=C(\C=C(C)C)PC(=C)c1ccc(/C(C)=C/C=C\C)cc1. The second kappa shape index (κ2) is 10.1. The Labute approximate surface area is 149 Å². The fourth-order valence-corrected chi connectivity index (χ4v) is 3.55. The van der Waals surface area contributed by atoms with Crippen LogP contribution in [-0.2, 0) is 0 Å². The summed E-state index contributed by atoms with van der Waals surface area (Å²) in [5.74, 6) is 0. The van der Waals surface area contributed by atoms with Gasteiger partial charge >= 0.3 is 0 Å². The number of hydrogen-bond acceptors (Lipinski definition) is 0. The lowest BCUT2D eigenvalue weighted by atomic mass is 10.0. The maximum absolute atomic E-state index is 4.29. The molecule has 0 aliphatic heterocycles. The molecule has 0 aromatic heterocycles. The van der Waals surface area contributed by atoms with Crippen molar-refractivity contribution >= 4 is 19.5 Å². The van der Waals surface area contributed by atoms with E-state index in [2.05, 4.69) is 82.5 Å². The van der Waals surface area contributed by atoms with Crippen LogP contribution in [0.2, 0.25) is 0 Å². The molecule has 0 aliphatic carbocycles. The summed E-state index contributed by atoms with van der Waals surface area (Å²) in [6.45, 7) is 18.7. The van der Waals surface area contributed by atoms with Crippen molar-refractivity contribution in [2.45, 2.75) is 34.6 Å². The first kappa shape index (κ1) is 20.1. The topological polar surface area (TPSA) is 0 Å². The summed E-state index contributed by atoms with van der Waals surface area (Å²) in [6, 6.07) is 8.67. The summed E-state index contributed by atoms with van der Waals surface area (Å²) in [5.41, 5.74) is 6.08. The molecule has 24 heavy (non-hydrogen) atoms. The number of hydrogen-bond donors (Lipinski definition) is 0. The minimum absolute atomic E-state index is 0.555. The molecule has 0 amide bonds. The molecule has 1 rings (SSSR count). The molecule has 0 heterocycles. The average molecular weight is 336 g/mol. The Morgan fingerprint density at radius 1 is 0.917 bits per heavy atom. The lowest BCUT2D eigenvalue weighted by Gasteiger charge is -2.10. The van der Waals surface area contributed by atoms with Crippen molar-refractivity contribution in [1.82, 2.24) is 0 Å². The highest BCUT2D eigenvalue weighted by molar-refractivity contribution is 7.55. The molecule has 0 nitrogen and oxygen atoms in total. The molecule has 0 aliphatic rings. The number of rotatable bonds is 7. The van der Waals surface area contributed by atoms with Crippen molar-refractivity contribution in [3.8, 4) is 0 Å². The zero-order valence-corrected chi connectivity index (χ0v) is 16.6. The Bertz CT molecular complexity index is 703. The van der Waals surface area contributed by atoms with Crippen LogP contribution in [0.5, 0.6) is 0 Å². The molecule has 126 valence electrons. The Morgan fingerprint density at radius 2 is 1.50 bits per heavy atom. The molecule has 1 aromatic rings. The van der Waals surface area contributed by atoms with Gasteiger partial charge < -0.3 is 0 Å². The van der Waals surface area contributed by atoms with Crippen LogP contribution in [0.25, 0.3) is 10.9 Å². The van der Waals surface area contributed by atoms with E-state index in [4.69, 9.17) is 0 Å². The van der Waals surface area contributed by atoms with Gasteiger partial charge in [0.05, 0.1) is 0 Å². The molecule has 1 heteroatoms. The lowest BCUT2D eigenvalue weighted by Crippen LogP contribution is -1.83. The predicted molar refractivity (Wildman–Crippen MR) is 115 cm³/mol.